The zero-order valence-electron chi connectivity index (χ0n) is 13.9. The molecule has 0 fully saturated rings. The molecule has 0 spiro atoms. The summed E-state index contributed by atoms with van der Waals surface area (Å²) in [6.45, 7) is 0. The summed E-state index contributed by atoms with van der Waals surface area (Å²) in [5, 5.41) is 5.93. The average Bonchev–Trinajstić information content (AvgIpc) is 3.36. The van der Waals surface area contributed by atoms with Gasteiger partial charge in [0.1, 0.15) is 9.88 Å². The predicted octanol–water partition coefficient (Wildman–Crippen LogP) is 5.71. The molecule has 2 heterocycles. The Morgan fingerprint density at radius 1 is 0.962 bits per heavy atom. The van der Waals surface area contributed by atoms with Gasteiger partial charge in [-0.25, -0.2) is 4.98 Å². The Hall–Kier alpha value is -2.76. The normalized spacial score (nSPS) is 10.6. The van der Waals surface area contributed by atoms with Gasteiger partial charge in [-0.15, -0.1) is 22.7 Å². The fraction of sp³-hybridized carbons (Fsp3) is 0.0476. The molecule has 0 bridgehead atoms. The molecule has 0 saturated carbocycles. The lowest BCUT2D eigenvalue weighted by Gasteiger charge is -2.10. The highest BCUT2D eigenvalue weighted by Crippen LogP contribution is 2.29. The maximum absolute atomic E-state index is 12.7. The second-order valence-electron chi connectivity index (χ2n) is 5.78. The summed E-state index contributed by atoms with van der Waals surface area (Å²) in [7, 11) is 0. The van der Waals surface area contributed by atoms with Crippen molar-refractivity contribution in [2.24, 2.45) is 0 Å². The molecule has 5 heteroatoms. The summed E-state index contributed by atoms with van der Waals surface area (Å²) in [5.74, 6) is -0.120. The summed E-state index contributed by atoms with van der Waals surface area (Å²) in [5.41, 5.74) is 3.15. The SMILES string of the molecule is O=C(Nc1ccccc1Cc1ccccc1)c1cnc(-c2cccs2)s1. The number of hydrogen-bond acceptors (Lipinski definition) is 4. The molecular formula is C21H16N2OS2. The van der Waals surface area contributed by atoms with Crippen molar-refractivity contribution in [3.63, 3.8) is 0 Å². The first-order valence-electron chi connectivity index (χ1n) is 8.22. The van der Waals surface area contributed by atoms with Crippen LogP contribution >= 0.6 is 22.7 Å². The lowest BCUT2D eigenvalue weighted by molar-refractivity contribution is 0.103. The third-order valence-corrected chi connectivity index (χ3v) is 6.00. The van der Waals surface area contributed by atoms with Crippen molar-refractivity contribution in [2.75, 3.05) is 5.32 Å². The Balaban J connectivity index is 1.53. The number of aromatic nitrogens is 1. The first-order chi connectivity index (χ1) is 12.8. The molecule has 3 nitrogen and oxygen atoms in total. The Bertz CT molecular complexity index is 1010. The molecule has 26 heavy (non-hydrogen) atoms. The van der Waals surface area contributed by atoms with Crippen LogP contribution in [-0.2, 0) is 6.42 Å². The van der Waals surface area contributed by atoms with Gasteiger partial charge >= 0.3 is 0 Å². The van der Waals surface area contributed by atoms with E-state index in [2.05, 4.69) is 22.4 Å². The van der Waals surface area contributed by atoms with E-state index in [9.17, 15) is 4.79 Å². The number of para-hydroxylation sites is 1. The minimum atomic E-state index is -0.120. The number of benzene rings is 2. The summed E-state index contributed by atoms with van der Waals surface area (Å²) in [6, 6.07) is 22.2. The Morgan fingerprint density at radius 2 is 1.77 bits per heavy atom. The number of carbonyl (C=O) groups excluding carboxylic acids is 1. The zero-order chi connectivity index (χ0) is 17.8. The van der Waals surface area contributed by atoms with E-state index >= 15 is 0 Å². The van der Waals surface area contributed by atoms with Crippen LogP contribution in [0.5, 0.6) is 0 Å². The van der Waals surface area contributed by atoms with Crippen LogP contribution in [0.1, 0.15) is 20.8 Å². The molecule has 128 valence electrons. The summed E-state index contributed by atoms with van der Waals surface area (Å²) < 4.78 is 0. The van der Waals surface area contributed by atoms with E-state index in [1.807, 2.05) is 60.0 Å². The van der Waals surface area contributed by atoms with Crippen LogP contribution in [0.15, 0.2) is 78.3 Å². The van der Waals surface area contributed by atoms with Gasteiger partial charge in [-0.05, 0) is 35.1 Å². The quantitative estimate of drug-likeness (QED) is 0.484. The number of thiophene rings is 1. The standard InChI is InChI=1S/C21H16N2OS2/c24-20(19-14-22-21(26-19)18-11-6-12-25-18)23-17-10-5-4-9-16(17)13-15-7-2-1-3-8-15/h1-12,14H,13H2,(H,23,24). The van der Waals surface area contributed by atoms with Crippen molar-refractivity contribution in [1.82, 2.24) is 4.98 Å². The van der Waals surface area contributed by atoms with Crippen LogP contribution in [0.2, 0.25) is 0 Å². The first kappa shape index (κ1) is 16.7. The van der Waals surface area contributed by atoms with Gasteiger partial charge in [0.2, 0.25) is 0 Å². The van der Waals surface area contributed by atoms with Crippen molar-refractivity contribution in [3.05, 3.63) is 94.3 Å². The molecule has 0 atom stereocenters. The van der Waals surface area contributed by atoms with Gasteiger partial charge < -0.3 is 5.32 Å². The smallest absolute Gasteiger partial charge is 0.267 e. The summed E-state index contributed by atoms with van der Waals surface area (Å²) in [4.78, 5) is 18.7. The highest BCUT2D eigenvalue weighted by molar-refractivity contribution is 7.22. The molecule has 0 saturated heterocycles. The third-order valence-electron chi connectivity index (χ3n) is 3.96. The molecule has 4 rings (SSSR count). The maximum Gasteiger partial charge on any atom is 0.267 e. The third kappa shape index (κ3) is 3.74. The van der Waals surface area contributed by atoms with E-state index in [0.29, 0.717) is 4.88 Å². The molecule has 4 aromatic rings. The molecule has 0 aliphatic heterocycles. The highest BCUT2D eigenvalue weighted by Gasteiger charge is 2.14. The van der Waals surface area contributed by atoms with Crippen LogP contribution in [0, 0.1) is 0 Å². The number of thiazole rings is 1. The van der Waals surface area contributed by atoms with E-state index in [1.54, 1.807) is 17.5 Å². The second kappa shape index (κ2) is 7.64. The van der Waals surface area contributed by atoms with Crippen LogP contribution in [0.3, 0.4) is 0 Å². The Morgan fingerprint density at radius 3 is 2.58 bits per heavy atom. The van der Waals surface area contributed by atoms with Gasteiger partial charge in [-0.3, -0.25) is 4.79 Å². The fourth-order valence-corrected chi connectivity index (χ4v) is 4.30. The summed E-state index contributed by atoms with van der Waals surface area (Å²) >= 11 is 3.04. The van der Waals surface area contributed by atoms with Crippen LogP contribution in [-0.4, -0.2) is 10.9 Å². The topological polar surface area (TPSA) is 42.0 Å². The lowest BCUT2D eigenvalue weighted by Crippen LogP contribution is -2.12. The molecule has 2 aromatic heterocycles. The molecule has 0 aliphatic rings. The first-order valence-corrected chi connectivity index (χ1v) is 9.92. The van der Waals surface area contributed by atoms with Gasteiger partial charge in [0.05, 0.1) is 11.1 Å². The monoisotopic (exact) mass is 376 g/mol. The predicted molar refractivity (Wildman–Crippen MR) is 109 cm³/mol. The number of hydrogen-bond donors (Lipinski definition) is 1. The fourth-order valence-electron chi connectivity index (χ4n) is 2.69. The van der Waals surface area contributed by atoms with E-state index in [-0.39, 0.29) is 5.91 Å². The van der Waals surface area contributed by atoms with E-state index in [1.165, 1.54) is 16.9 Å². The molecule has 0 aliphatic carbocycles. The number of amides is 1. The van der Waals surface area contributed by atoms with Crippen molar-refractivity contribution in [2.45, 2.75) is 6.42 Å². The summed E-state index contributed by atoms with van der Waals surface area (Å²) in [6.07, 6.45) is 2.43. The Labute approximate surface area is 160 Å². The van der Waals surface area contributed by atoms with Crippen molar-refractivity contribution in [3.8, 4) is 9.88 Å². The van der Waals surface area contributed by atoms with Gasteiger partial charge in [-0.1, -0.05) is 54.6 Å². The largest absolute Gasteiger partial charge is 0.321 e. The molecular weight excluding hydrogens is 360 g/mol. The van der Waals surface area contributed by atoms with E-state index in [4.69, 9.17) is 0 Å². The lowest BCUT2D eigenvalue weighted by atomic mass is 10.0. The minimum Gasteiger partial charge on any atom is -0.321 e. The molecule has 0 unspecified atom stereocenters. The average molecular weight is 377 g/mol. The minimum absolute atomic E-state index is 0.120. The molecule has 1 amide bonds. The maximum atomic E-state index is 12.7. The van der Waals surface area contributed by atoms with Crippen LogP contribution < -0.4 is 5.32 Å². The van der Waals surface area contributed by atoms with Crippen LogP contribution in [0.4, 0.5) is 5.69 Å². The van der Waals surface area contributed by atoms with Crippen molar-refractivity contribution in [1.29, 1.82) is 0 Å². The highest BCUT2D eigenvalue weighted by atomic mass is 32.1. The van der Waals surface area contributed by atoms with Crippen molar-refractivity contribution >= 4 is 34.3 Å². The molecule has 0 radical (unpaired) electrons. The van der Waals surface area contributed by atoms with Crippen LogP contribution in [0.25, 0.3) is 9.88 Å². The second-order valence-corrected chi connectivity index (χ2v) is 7.76. The number of nitrogens with zero attached hydrogens (tertiary/aromatic N) is 1. The molecule has 2 aromatic carbocycles. The number of carbonyl (C=O) groups is 1. The van der Waals surface area contributed by atoms with E-state index < -0.39 is 0 Å². The number of anilines is 1. The zero-order valence-corrected chi connectivity index (χ0v) is 15.5. The van der Waals surface area contributed by atoms with Crippen molar-refractivity contribution < 1.29 is 4.79 Å². The van der Waals surface area contributed by atoms with Gasteiger partial charge in [0.15, 0.2) is 0 Å². The van der Waals surface area contributed by atoms with Gasteiger partial charge in [-0.2, -0.15) is 0 Å². The number of rotatable bonds is 5. The Kier molecular flexibility index (Phi) is 4.91. The van der Waals surface area contributed by atoms with Gasteiger partial charge in [0, 0.05) is 5.69 Å². The van der Waals surface area contributed by atoms with E-state index in [0.717, 1.165) is 27.6 Å². The van der Waals surface area contributed by atoms with Gasteiger partial charge in [0.25, 0.3) is 5.91 Å². The molecule has 1 N–H and O–H groups in total. The number of nitrogens with one attached hydrogen (secondary N) is 1.